The average Bonchev–Trinajstić information content (AvgIpc) is 2.17. The van der Waals surface area contributed by atoms with Gasteiger partial charge in [0.25, 0.3) is 0 Å². The Labute approximate surface area is 78.4 Å². The molecule has 0 spiro atoms. The zero-order chi connectivity index (χ0) is 9.73. The molecule has 0 saturated carbocycles. The van der Waals surface area contributed by atoms with Gasteiger partial charge in [0.05, 0.1) is 12.1 Å². The third-order valence-electron chi connectivity index (χ3n) is 1.59. The Morgan fingerprint density at radius 2 is 2.00 bits per heavy atom. The molecule has 2 nitrogen and oxygen atoms in total. The molecule has 0 saturated heterocycles. The molecule has 0 aromatic heterocycles. The van der Waals surface area contributed by atoms with E-state index >= 15 is 0 Å². The molecule has 0 aliphatic rings. The third kappa shape index (κ3) is 3.29. The molecule has 0 amide bonds. The van der Waals surface area contributed by atoms with Crippen molar-refractivity contribution in [1.82, 2.24) is 0 Å². The molecule has 0 heterocycles. The number of aliphatic hydroxyl groups is 1. The number of hydrogen-bond donors (Lipinski definition) is 2. The van der Waals surface area contributed by atoms with Gasteiger partial charge >= 0.3 is 0 Å². The van der Waals surface area contributed by atoms with Crippen molar-refractivity contribution < 1.29 is 5.11 Å². The number of rotatable bonds is 1. The van der Waals surface area contributed by atoms with Crippen LogP contribution in [0.5, 0.6) is 0 Å². The highest BCUT2D eigenvalue weighted by atomic mass is 16.3. The minimum atomic E-state index is -0.810. The van der Waals surface area contributed by atoms with Crippen molar-refractivity contribution in [2.24, 2.45) is 5.73 Å². The van der Waals surface area contributed by atoms with Crippen molar-refractivity contribution in [3.05, 3.63) is 35.9 Å². The van der Waals surface area contributed by atoms with Crippen molar-refractivity contribution >= 4 is 0 Å². The maximum atomic E-state index is 8.84. The van der Waals surface area contributed by atoms with Crippen molar-refractivity contribution in [3.8, 4) is 11.8 Å². The Morgan fingerprint density at radius 1 is 1.38 bits per heavy atom. The van der Waals surface area contributed by atoms with Gasteiger partial charge in [-0.3, -0.25) is 0 Å². The summed E-state index contributed by atoms with van der Waals surface area (Å²) in [5, 5.41) is 8.84. The molecule has 0 fully saturated rings. The molecule has 1 atom stereocenters. The van der Waals surface area contributed by atoms with E-state index in [-0.39, 0.29) is 6.61 Å². The second kappa shape index (κ2) is 4.08. The zero-order valence-corrected chi connectivity index (χ0v) is 7.62. The zero-order valence-electron chi connectivity index (χ0n) is 7.62. The van der Waals surface area contributed by atoms with Gasteiger partial charge in [-0.2, -0.15) is 0 Å². The summed E-state index contributed by atoms with van der Waals surface area (Å²) in [5.41, 5.74) is 5.74. The van der Waals surface area contributed by atoms with Crippen LogP contribution in [0.2, 0.25) is 0 Å². The topological polar surface area (TPSA) is 46.2 Å². The van der Waals surface area contributed by atoms with Gasteiger partial charge in [-0.05, 0) is 19.1 Å². The molecule has 1 aromatic rings. The standard InChI is InChI=1S/C11H13NO/c1-11(12,9-13)8-7-10-5-3-2-4-6-10/h2-6,13H,9,12H2,1H3/t11-/m1/s1. The molecule has 0 aliphatic carbocycles. The lowest BCUT2D eigenvalue weighted by molar-refractivity contribution is 0.243. The molecule has 1 rings (SSSR count). The summed E-state index contributed by atoms with van der Waals surface area (Å²) in [6, 6.07) is 9.56. The fourth-order valence-electron chi connectivity index (χ4n) is 0.776. The first-order valence-corrected chi connectivity index (χ1v) is 4.12. The first kappa shape index (κ1) is 9.79. The largest absolute Gasteiger partial charge is 0.393 e. The van der Waals surface area contributed by atoms with E-state index < -0.39 is 5.54 Å². The summed E-state index contributed by atoms with van der Waals surface area (Å²) < 4.78 is 0. The van der Waals surface area contributed by atoms with Gasteiger partial charge in [-0.15, -0.1) is 0 Å². The second-order valence-electron chi connectivity index (χ2n) is 3.19. The predicted molar refractivity (Wildman–Crippen MR) is 53.0 cm³/mol. The van der Waals surface area contributed by atoms with Crippen molar-refractivity contribution in [2.75, 3.05) is 6.61 Å². The molecule has 0 bridgehead atoms. The highest BCUT2D eigenvalue weighted by molar-refractivity contribution is 5.36. The maximum absolute atomic E-state index is 8.84. The molecular weight excluding hydrogens is 162 g/mol. The van der Waals surface area contributed by atoms with Gasteiger partial charge < -0.3 is 10.8 Å². The third-order valence-corrected chi connectivity index (χ3v) is 1.59. The SMILES string of the molecule is C[C@@](N)(C#Cc1ccccc1)CO. The molecule has 13 heavy (non-hydrogen) atoms. The van der Waals surface area contributed by atoms with Crippen molar-refractivity contribution in [3.63, 3.8) is 0 Å². The lowest BCUT2D eigenvalue weighted by atomic mass is 10.1. The van der Waals surface area contributed by atoms with Crippen LogP contribution >= 0.6 is 0 Å². The lowest BCUT2D eigenvalue weighted by Crippen LogP contribution is -2.38. The van der Waals surface area contributed by atoms with Crippen LogP contribution in [0.3, 0.4) is 0 Å². The predicted octanol–water partition coefficient (Wildman–Crippen LogP) is 0.748. The molecule has 0 aliphatic heterocycles. The van der Waals surface area contributed by atoms with E-state index in [2.05, 4.69) is 11.8 Å². The molecule has 0 unspecified atom stereocenters. The summed E-state index contributed by atoms with van der Waals surface area (Å²) >= 11 is 0. The molecular formula is C11H13NO. The Bertz CT molecular complexity index is 319. The van der Waals surface area contributed by atoms with Crippen LogP contribution < -0.4 is 5.73 Å². The van der Waals surface area contributed by atoms with E-state index in [4.69, 9.17) is 10.8 Å². The summed E-state index contributed by atoms with van der Waals surface area (Å²) in [6.45, 7) is 1.57. The summed E-state index contributed by atoms with van der Waals surface area (Å²) in [7, 11) is 0. The lowest BCUT2D eigenvalue weighted by Gasteiger charge is -2.12. The fourth-order valence-corrected chi connectivity index (χ4v) is 0.776. The Kier molecular flexibility index (Phi) is 3.07. The highest BCUT2D eigenvalue weighted by Crippen LogP contribution is 1.98. The Balaban J connectivity index is 2.79. The average molecular weight is 175 g/mol. The summed E-state index contributed by atoms with van der Waals surface area (Å²) in [4.78, 5) is 0. The van der Waals surface area contributed by atoms with Crippen LogP contribution in [0.4, 0.5) is 0 Å². The van der Waals surface area contributed by atoms with Crippen LogP contribution in [-0.4, -0.2) is 17.3 Å². The van der Waals surface area contributed by atoms with Crippen LogP contribution in [0.15, 0.2) is 30.3 Å². The number of aliphatic hydroxyl groups excluding tert-OH is 1. The van der Waals surface area contributed by atoms with Gasteiger partial charge in [0.1, 0.15) is 0 Å². The normalized spacial score (nSPS) is 14.1. The molecule has 68 valence electrons. The molecule has 1 aromatic carbocycles. The first-order chi connectivity index (χ1) is 6.14. The first-order valence-electron chi connectivity index (χ1n) is 4.12. The van der Waals surface area contributed by atoms with E-state index in [0.717, 1.165) is 5.56 Å². The van der Waals surface area contributed by atoms with E-state index in [1.807, 2.05) is 30.3 Å². The van der Waals surface area contributed by atoms with E-state index in [1.54, 1.807) is 6.92 Å². The second-order valence-corrected chi connectivity index (χ2v) is 3.19. The van der Waals surface area contributed by atoms with Gasteiger partial charge in [-0.1, -0.05) is 30.0 Å². The molecule has 0 radical (unpaired) electrons. The molecule has 2 heteroatoms. The minimum absolute atomic E-state index is 0.132. The van der Waals surface area contributed by atoms with Crippen LogP contribution in [-0.2, 0) is 0 Å². The number of benzene rings is 1. The summed E-state index contributed by atoms with van der Waals surface area (Å²) in [5.74, 6) is 5.70. The monoisotopic (exact) mass is 175 g/mol. The Morgan fingerprint density at radius 3 is 2.54 bits per heavy atom. The van der Waals surface area contributed by atoms with E-state index in [9.17, 15) is 0 Å². The Hall–Kier alpha value is -1.30. The number of hydrogen-bond acceptors (Lipinski definition) is 2. The van der Waals surface area contributed by atoms with Gasteiger partial charge in [0.2, 0.25) is 0 Å². The highest BCUT2D eigenvalue weighted by Gasteiger charge is 2.11. The minimum Gasteiger partial charge on any atom is -0.393 e. The quantitative estimate of drug-likeness (QED) is 0.619. The van der Waals surface area contributed by atoms with Gasteiger partial charge in [-0.25, -0.2) is 0 Å². The smallest absolute Gasteiger partial charge is 0.0984 e. The van der Waals surface area contributed by atoms with Crippen LogP contribution in [0, 0.1) is 11.8 Å². The van der Waals surface area contributed by atoms with E-state index in [1.165, 1.54) is 0 Å². The van der Waals surface area contributed by atoms with Crippen molar-refractivity contribution in [1.29, 1.82) is 0 Å². The maximum Gasteiger partial charge on any atom is 0.0984 e. The van der Waals surface area contributed by atoms with Crippen molar-refractivity contribution in [2.45, 2.75) is 12.5 Å². The van der Waals surface area contributed by atoms with Crippen LogP contribution in [0.25, 0.3) is 0 Å². The molecule has 3 N–H and O–H groups in total. The van der Waals surface area contributed by atoms with Crippen LogP contribution in [0.1, 0.15) is 12.5 Å². The number of nitrogens with two attached hydrogens (primary N) is 1. The van der Waals surface area contributed by atoms with Gasteiger partial charge in [0.15, 0.2) is 0 Å². The van der Waals surface area contributed by atoms with E-state index in [0.29, 0.717) is 0 Å². The fraction of sp³-hybridized carbons (Fsp3) is 0.273. The van der Waals surface area contributed by atoms with Gasteiger partial charge in [0, 0.05) is 5.56 Å². The summed E-state index contributed by atoms with van der Waals surface area (Å²) in [6.07, 6.45) is 0.